The zero-order valence-corrected chi connectivity index (χ0v) is 11.8. The Morgan fingerprint density at radius 1 is 0.889 bits per heavy atom. The van der Waals surface area contributed by atoms with Crippen molar-refractivity contribution in [1.29, 1.82) is 0 Å². The van der Waals surface area contributed by atoms with Gasteiger partial charge in [0.15, 0.2) is 6.29 Å². The van der Waals surface area contributed by atoms with Crippen molar-refractivity contribution in [3.05, 3.63) is 0 Å². The Morgan fingerprint density at radius 3 is 1.94 bits per heavy atom. The molecule has 1 saturated heterocycles. The molecular formula is C12H24O6. The molecule has 6 nitrogen and oxygen atoms in total. The van der Waals surface area contributed by atoms with Gasteiger partial charge in [-0.05, 0) is 6.92 Å². The molecule has 0 aromatic carbocycles. The normalized spacial score (nSPS) is 36.8. The average molecular weight is 264 g/mol. The maximum atomic E-state index is 5.83. The molecule has 0 spiro atoms. The molecule has 0 N–H and O–H groups in total. The van der Waals surface area contributed by atoms with E-state index >= 15 is 0 Å². The van der Waals surface area contributed by atoms with Crippen LogP contribution < -0.4 is 0 Å². The van der Waals surface area contributed by atoms with Gasteiger partial charge in [-0.15, -0.1) is 0 Å². The lowest BCUT2D eigenvalue weighted by molar-refractivity contribution is -0.312. The molecule has 6 heteroatoms. The molecule has 0 aromatic heterocycles. The molecule has 0 aromatic rings. The third-order valence-corrected chi connectivity index (χ3v) is 3.07. The van der Waals surface area contributed by atoms with Gasteiger partial charge in [0.05, 0.1) is 6.61 Å². The van der Waals surface area contributed by atoms with Crippen LogP contribution in [0.15, 0.2) is 0 Å². The molecule has 0 saturated carbocycles. The van der Waals surface area contributed by atoms with E-state index < -0.39 is 6.29 Å². The van der Waals surface area contributed by atoms with Gasteiger partial charge in [-0.25, -0.2) is 0 Å². The van der Waals surface area contributed by atoms with Gasteiger partial charge in [0.25, 0.3) is 0 Å². The fraction of sp³-hybridized carbons (Fsp3) is 1.00. The van der Waals surface area contributed by atoms with E-state index in [9.17, 15) is 0 Å². The van der Waals surface area contributed by atoms with E-state index in [4.69, 9.17) is 28.4 Å². The summed E-state index contributed by atoms with van der Waals surface area (Å²) in [6.07, 6.45) is -1.56. The van der Waals surface area contributed by atoms with Crippen molar-refractivity contribution in [3.8, 4) is 0 Å². The summed E-state index contributed by atoms with van der Waals surface area (Å²) in [7, 11) is 6.47. The van der Waals surface area contributed by atoms with Crippen molar-refractivity contribution in [2.75, 3.05) is 41.7 Å². The third-order valence-electron chi connectivity index (χ3n) is 3.07. The minimum atomic E-state index is -0.475. The van der Waals surface area contributed by atoms with Crippen LogP contribution in [0, 0.1) is 0 Å². The SMILES string of the molecule is CCO[C@H]1O[C@H](COC)[C@@H](OC)[C@H](OC)[C@H]1OC. The fourth-order valence-electron chi connectivity index (χ4n) is 2.28. The summed E-state index contributed by atoms with van der Waals surface area (Å²) >= 11 is 0. The standard InChI is InChI=1S/C12H24O6/c1-6-17-12-11(16-5)10(15-4)9(14-3)8(18-12)7-13-2/h8-12H,6-7H2,1-5H3/t8-,9-,10+,11-,12+/m1/s1. The molecule has 1 heterocycles. The van der Waals surface area contributed by atoms with Crippen LogP contribution in [0.4, 0.5) is 0 Å². The van der Waals surface area contributed by atoms with Crippen molar-refractivity contribution in [3.63, 3.8) is 0 Å². The van der Waals surface area contributed by atoms with Gasteiger partial charge in [-0.1, -0.05) is 0 Å². The lowest BCUT2D eigenvalue weighted by atomic mass is 9.98. The Kier molecular flexibility index (Phi) is 7.06. The minimum absolute atomic E-state index is 0.243. The van der Waals surface area contributed by atoms with E-state index in [0.717, 1.165) is 0 Å². The summed E-state index contributed by atoms with van der Waals surface area (Å²) in [5.74, 6) is 0. The maximum absolute atomic E-state index is 5.83. The molecule has 108 valence electrons. The van der Waals surface area contributed by atoms with E-state index in [1.165, 1.54) is 0 Å². The molecule has 5 atom stereocenters. The Bertz CT molecular complexity index is 205. The van der Waals surface area contributed by atoms with Gasteiger partial charge in [0, 0.05) is 35.0 Å². The van der Waals surface area contributed by atoms with Crippen LogP contribution in [0.2, 0.25) is 0 Å². The smallest absolute Gasteiger partial charge is 0.186 e. The topological polar surface area (TPSA) is 55.4 Å². The minimum Gasteiger partial charge on any atom is -0.382 e. The zero-order valence-electron chi connectivity index (χ0n) is 11.8. The summed E-state index contributed by atoms with van der Waals surface area (Å²) in [5, 5.41) is 0. The molecular weight excluding hydrogens is 240 g/mol. The number of hydrogen-bond donors (Lipinski definition) is 0. The van der Waals surface area contributed by atoms with E-state index in [0.29, 0.717) is 13.2 Å². The highest BCUT2D eigenvalue weighted by atomic mass is 16.7. The second-order valence-corrected chi connectivity index (χ2v) is 4.05. The molecule has 0 aliphatic carbocycles. The average Bonchev–Trinajstić information content (AvgIpc) is 2.38. The van der Waals surface area contributed by atoms with Crippen LogP contribution in [0.25, 0.3) is 0 Å². The quantitative estimate of drug-likeness (QED) is 0.665. The van der Waals surface area contributed by atoms with Crippen LogP contribution in [0.1, 0.15) is 6.92 Å². The van der Waals surface area contributed by atoms with Gasteiger partial charge in [0.1, 0.15) is 24.4 Å². The molecule has 18 heavy (non-hydrogen) atoms. The van der Waals surface area contributed by atoms with Gasteiger partial charge in [-0.2, -0.15) is 0 Å². The van der Waals surface area contributed by atoms with Crippen LogP contribution in [-0.2, 0) is 28.4 Å². The summed E-state index contributed by atoms with van der Waals surface area (Å²) in [5.41, 5.74) is 0. The van der Waals surface area contributed by atoms with E-state index in [1.807, 2.05) is 6.92 Å². The van der Waals surface area contributed by atoms with Crippen LogP contribution >= 0.6 is 0 Å². The summed E-state index contributed by atoms with van der Waals surface area (Å²) in [6, 6.07) is 0. The third kappa shape index (κ3) is 3.40. The lowest BCUT2D eigenvalue weighted by Gasteiger charge is -2.44. The first-order valence-electron chi connectivity index (χ1n) is 6.07. The predicted molar refractivity (Wildman–Crippen MR) is 64.6 cm³/mol. The van der Waals surface area contributed by atoms with Crippen LogP contribution in [0.5, 0.6) is 0 Å². The molecule has 0 unspecified atom stereocenters. The molecule has 1 rings (SSSR count). The molecule has 0 radical (unpaired) electrons. The zero-order chi connectivity index (χ0) is 13.5. The van der Waals surface area contributed by atoms with Crippen molar-refractivity contribution in [2.45, 2.75) is 37.6 Å². The Morgan fingerprint density at radius 2 is 1.50 bits per heavy atom. The monoisotopic (exact) mass is 264 g/mol. The van der Waals surface area contributed by atoms with Crippen LogP contribution in [0.3, 0.4) is 0 Å². The van der Waals surface area contributed by atoms with Gasteiger partial charge in [-0.3, -0.25) is 0 Å². The van der Waals surface area contributed by atoms with E-state index in [1.54, 1.807) is 28.4 Å². The fourth-order valence-corrected chi connectivity index (χ4v) is 2.28. The largest absolute Gasteiger partial charge is 0.382 e. The molecule has 0 amide bonds. The first kappa shape index (κ1) is 15.8. The van der Waals surface area contributed by atoms with Crippen molar-refractivity contribution in [1.82, 2.24) is 0 Å². The Labute approximate surface area is 108 Å². The molecule has 1 fully saturated rings. The second kappa shape index (κ2) is 8.04. The predicted octanol–water partition coefficient (Wildman–Crippen LogP) is 0.439. The van der Waals surface area contributed by atoms with Gasteiger partial charge in [0.2, 0.25) is 0 Å². The highest BCUT2D eigenvalue weighted by molar-refractivity contribution is 4.92. The number of methoxy groups -OCH3 is 4. The summed E-state index contributed by atoms with van der Waals surface area (Å²) < 4.78 is 32.9. The van der Waals surface area contributed by atoms with Crippen molar-refractivity contribution < 1.29 is 28.4 Å². The molecule has 1 aliphatic rings. The van der Waals surface area contributed by atoms with Crippen LogP contribution in [-0.4, -0.2) is 72.4 Å². The van der Waals surface area contributed by atoms with E-state index in [2.05, 4.69) is 0 Å². The van der Waals surface area contributed by atoms with Gasteiger partial charge < -0.3 is 28.4 Å². The Balaban J connectivity index is 2.84. The second-order valence-electron chi connectivity index (χ2n) is 4.05. The van der Waals surface area contributed by atoms with Crippen molar-refractivity contribution >= 4 is 0 Å². The first-order valence-corrected chi connectivity index (χ1v) is 6.07. The molecule has 1 aliphatic heterocycles. The number of ether oxygens (including phenoxy) is 6. The maximum Gasteiger partial charge on any atom is 0.186 e. The number of hydrogen-bond acceptors (Lipinski definition) is 6. The number of rotatable bonds is 7. The van der Waals surface area contributed by atoms with Gasteiger partial charge >= 0.3 is 0 Å². The summed E-state index contributed by atoms with van der Waals surface area (Å²) in [6.45, 7) is 2.86. The summed E-state index contributed by atoms with van der Waals surface area (Å²) in [4.78, 5) is 0. The highest BCUT2D eigenvalue weighted by Gasteiger charge is 2.47. The lowest BCUT2D eigenvalue weighted by Crippen LogP contribution is -2.61. The highest BCUT2D eigenvalue weighted by Crippen LogP contribution is 2.27. The van der Waals surface area contributed by atoms with Crippen molar-refractivity contribution in [2.24, 2.45) is 0 Å². The molecule has 0 bridgehead atoms. The first-order chi connectivity index (χ1) is 8.73. The Hall–Kier alpha value is -0.240. The van der Waals surface area contributed by atoms with E-state index in [-0.39, 0.29) is 24.4 Å².